The van der Waals surface area contributed by atoms with E-state index in [-0.39, 0.29) is 13.2 Å². The summed E-state index contributed by atoms with van der Waals surface area (Å²) < 4.78 is 17.3. The summed E-state index contributed by atoms with van der Waals surface area (Å²) >= 11 is 3.41. The predicted octanol–water partition coefficient (Wildman–Crippen LogP) is 4.93. The molecule has 1 aromatic rings. The van der Waals surface area contributed by atoms with Crippen molar-refractivity contribution in [1.82, 2.24) is 4.90 Å². The van der Waals surface area contributed by atoms with Crippen LogP contribution in [0.5, 0.6) is 0 Å². The van der Waals surface area contributed by atoms with E-state index in [0.29, 0.717) is 0 Å². The Morgan fingerprint density at radius 1 is 0.929 bits per heavy atom. The highest BCUT2D eigenvalue weighted by molar-refractivity contribution is 9.10. The molecule has 0 unspecified atom stereocenters. The normalized spacial score (nSPS) is 14.2. The molecule has 0 saturated carbocycles. The number of benzene rings is 1. The monoisotopic (exact) mass is 457 g/mol. The van der Waals surface area contributed by atoms with Crippen molar-refractivity contribution in [2.45, 2.75) is 71.6 Å². The summed E-state index contributed by atoms with van der Waals surface area (Å²) in [6.45, 7) is 12.3. The predicted molar refractivity (Wildman–Crippen MR) is 112 cm³/mol. The van der Waals surface area contributed by atoms with Gasteiger partial charge in [-0.05, 0) is 66.2 Å². The first-order valence-electron chi connectivity index (χ1n) is 9.15. The van der Waals surface area contributed by atoms with Gasteiger partial charge in [-0.25, -0.2) is 9.59 Å². The third kappa shape index (κ3) is 7.43. The summed E-state index contributed by atoms with van der Waals surface area (Å²) in [4.78, 5) is 27.4. The van der Waals surface area contributed by atoms with Crippen LogP contribution >= 0.6 is 15.9 Å². The Labute approximate surface area is 176 Å². The van der Waals surface area contributed by atoms with Gasteiger partial charge in [-0.1, -0.05) is 28.1 Å². The fourth-order valence-corrected chi connectivity index (χ4v) is 2.77. The van der Waals surface area contributed by atoms with Crippen molar-refractivity contribution in [2.75, 3.05) is 13.8 Å². The highest BCUT2D eigenvalue weighted by Gasteiger charge is 2.46. The van der Waals surface area contributed by atoms with Gasteiger partial charge < -0.3 is 14.2 Å². The van der Waals surface area contributed by atoms with Crippen LogP contribution in [0.25, 0.3) is 0 Å². The zero-order valence-corrected chi connectivity index (χ0v) is 19.7. The molecule has 0 heterocycles. The van der Waals surface area contributed by atoms with Crippen LogP contribution in [0, 0.1) is 0 Å². The van der Waals surface area contributed by atoms with Crippen LogP contribution in [-0.4, -0.2) is 47.5 Å². The summed E-state index contributed by atoms with van der Waals surface area (Å²) in [6, 6.07) is 7.57. The Kier molecular flexibility index (Phi) is 8.09. The molecule has 0 saturated heterocycles. The molecule has 0 bridgehead atoms. The van der Waals surface area contributed by atoms with Gasteiger partial charge in [0.05, 0.1) is 0 Å². The molecular weight excluding hydrogens is 426 g/mol. The molecule has 0 N–H and O–H groups in total. The van der Waals surface area contributed by atoms with Crippen LogP contribution < -0.4 is 0 Å². The van der Waals surface area contributed by atoms with E-state index in [1.165, 1.54) is 12.0 Å². The molecular formula is C21H32BrNO5. The van der Waals surface area contributed by atoms with Gasteiger partial charge in [-0.2, -0.15) is 0 Å². The van der Waals surface area contributed by atoms with E-state index in [2.05, 4.69) is 15.9 Å². The van der Waals surface area contributed by atoms with Gasteiger partial charge in [0, 0.05) is 18.0 Å². The maximum Gasteiger partial charge on any atom is 0.413 e. The first-order chi connectivity index (χ1) is 12.7. The van der Waals surface area contributed by atoms with E-state index in [9.17, 15) is 9.59 Å². The number of methoxy groups -OCH3 is 1. The van der Waals surface area contributed by atoms with Crippen molar-refractivity contribution >= 4 is 28.0 Å². The number of hydrogen-bond acceptors (Lipinski definition) is 5. The van der Waals surface area contributed by atoms with Crippen molar-refractivity contribution in [3.8, 4) is 0 Å². The van der Waals surface area contributed by atoms with Gasteiger partial charge in [0.25, 0.3) is 0 Å². The Bertz CT molecular complexity index is 676. The number of nitrogens with zero attached hydrogens (tertiary/aromatic N) is 1. The topological polar surface area (TPSA) is 65.1 Å². The number of halogens is 1. The molecule has 1 aromatic carbocycles. The molecule has 1 rings (SSSR count). The number of rotatable bonds is 6. The summed E-state index contributed by atoms with van der Waals surface area (Å²) in [5, 5.41) is 0. The molecule has 0 aliphatic rings. The molecule has 7 heteroatoms. The van der Waals surface area contributed by atoms with Crippen LogP contribution in [0.2, 0.25) is 0 Å². The SMILES string of the molecule is COCN(C(=O)OC(C)(C)C)[C@@](C)(Cc1ccc(Br)cc1)C(=O)OC(C)(C)C. The summed E-state index contributed by atoms with van der Waals surface area (Å²) in [6.07, 6.45) is -0.391. The molecule has 0 aromatic heterocycles. The number of hydrogen-bond donors (Lipinski definition) is 0. The van der Waals surface area contributed by atoms with Crippen molar-refractivity contribution < 1.29 is 23.8 Å². The van der Waals surface area contributed by atoms with E-state index >= 15 is 0 Å². The highest BCUT2D eigenvalue weighted by Crippen LogP contribution is 2.28. The standard InChI is InChI=1S/C21H32BrNO5/c1-19(2,3)27-17(24)21(7,13-15-9-11-16(22)12-10-15)23(14-26-8)18(25)28-20(4,5)6/h9-12H,13-14H2,1-8H3/t21-/m0/s1. The van der Waals surface area contributed by atoms with Gasteiger partial charge in [-0.15, -0.1) is 0 Å². The summed E-state index contributed by atoms with van der Waals surface area (Å²) in [5.74, 6) is -0.522. The minimum absolute atomic E-state index is 0.110. The highest BCUT2D eigenvalue weighted by atomic mass is 79.9. The maximum atomic E-state index is 13.2. The molecule has 1 atom stereocenters. The molecule has 6 nitrogen and oxygen atoms in total. The van der Waals surface area contributed by atoms with E-state index in [1.807, 2.05) is 24.3 Å². The fourth-order valence-electron chi connectivity index (χ4n) is 2.51. The number of carbonyl (C=O) groups is 2. The Morgan fingerprint density at radius 2 is 1.43 bits per heavy atom. The van der Waals surface area contributed by atoms with Gasteiger partial charge in [0.1, 0.15) is 23.5 Å². The van der Waals surface area contributed by atoms with E-state index < -0.39 is 28.8 Å². The lowest BCUT2D eigenvalue weighted by atomic mass is 9.91. The molecule has 158 valence electrons. The van der Waals surface area contributed by atoms with Gasteiger partial charge in [0.2, 0.25) is 0 Å². The lowest BCUT2D eigenvalue weighted by Crippen LogP contribution is -2.59. The van der Waals surface area contributed by atoms with Crippen LogP contribution in [0.15, 0.2) is 28.7 Å². The average molecular weight is 458 g/mol. The second-order valence-corrected chi connectivity index (χ2v) is 9.82. The van der Waals surface area contributed by atoms with E-state index in [4.69, 9.17) is 14.2 Å². The third-order valence-corrected chi connectivity index (χ3v) is 4.30. The lowest BCUT2D eigenvalue weighted by Gasteiger charge is -2.40. The Morgan fingerprint density at radius 3 is 1.86 bits per heavy atom. The number of ether oxygens (including phenoxy) is 3. The first-order valence-corrected chi connectivity index (χ1v) is 9.95. The zero-order chi connectivity index (χ0) is 21.8. The average Bonchev–Trinajstić information content (AvgIpc) is 2.51. The molecule has 0 aliphatic carbocycles. The quantitative estimate of drug-likeness (QED) is 0.447. The minimum Gasteiger partial charge on any atom is -0.458 e. The van der Waals surface area contributed by atoms with Gasteiger partial charge >= 0.3 is 12.1 Å². The molecule has 0 radical (unpaired) electrons. The largest absolute Gasteiger partial charge is 0.458 e. The minimum atomic E-state index is -1.32. The smallest absolute Gasteiger partial charge is 0.413 e. The van der Waals surface area contributed by atoms with Crippen LogP contribution in [-0.2, 0) is 25.4 Å². The molecule has 0 fully saturated rings. The number of carbonyl (C=O) groups excluding carboxylic acids is 2. The van der Waals surface area contributed by atoms with Crippen LogP contribution in [0.4, 0.5) is 4.79 Å². The molecule has 28 heavy (non-hydrogen) atoms. The third-order valence-electron chi connectivity index (χ3n) is 3.77. The summed E-state index contributed by atoms with van der Waals surface area (Å²) in [5.41, 5.74) is -1.86. The number of amides is 1. The van der Waals surface area contributed by atoms with Crippen molar-refractivity contribution in [3.63, 3.8) is 0 Å². The molecule has 1 amide bonds. The summed E-state index contributed by atoms with van der Waals surface area (Å²) in [7, 11) is 1.46. The van der Waals surface area contributed by atoms with Crippen LogP contribution in [0.1, 0.15) is 54.0 Å². The molecule has 0 aliphatic heterocycles. The van der Waals surface area contributed by atoms with Crippen LogP contribution in [0.3, 0.4) is 0 Å². The Balaban J connectivity index is 3.36. The number of esters is 1. The van der Waals surface area contributed by atoms with Crippen molar-refractivity contribution in [1.29, 1.82) is 0 Å². The second-order valence-electron chi connectivity index (χ2n) is 8.91. The molecule has 0 spiro atoms. The van der Waals surface area contributed by atoms with Crippen molar-refractivity contribution in [3.05, 3.63) is 34.3 Å². The second kappa shape index (κ2) is 9.27. The zero-order valence-electron chi connectivity index (χ0n) is 18.1. The van der Waals surface area contributed by atoms with Crippen molar-refractivity contribution in [2.24, 2.45) is 0 Å². The van der Waals surface area contributed by atoms with E-state index in [0.717, 1.165) is 10.0 Å². The first kappa shape index (κ1) is 24.4. The Hall–Kier alpha value is -1.60. The van der Waals surface area contributed by atoms with E-state index in [1.54, 1.807) is 48.5 Å². The lowest BCUT2D eigenvalue weighted by molar-refractivity contribution is -0.171. The van der Waals surface area contributed by atoms with Gasteiger partial charge in [-0.3, -0.25) is 4.90 Å². The fraction of sp³-hybridized carbons (Fsp3) is 0.619. The van der Waals surface area contributed by atoms with Gasteiger partial charge in [0.15, 0.2) is 0 Å². The maximum absolute atomic E-state index is 13.2.